The van der Waals surface area contributed by atoms with E-state index in [-0.39, 0.29) is 29.5 Å². The standard InChI is InChI=1S/C16H15NO4/c1-2-21-16(20)13-9-8-12(18)10-14(13)17-15(19)11-6-4-3-5-7-11/h3-10,18H,2H2,1H3,(H,17,19). The Morgan fingerprint density at radius 2 is 1.86 bits per heavy atom. The van der Waals surface area contributed by atoms with E-state index >= 15 is 0 Å². The summed E-state index contributed by atoms with van der Waals surface area (Å²) in [6.45, 7) is 1.92. The highest BCUT2D eigenvalue weighted by molar-refractivity contribution is 6.08. The number of nitrogens with one attached hydrogen (secondary N) is 1. The van der Waals surface area contributed by atoms with E-state index in [0.717, 1.165) is 0 Å². The molecule has 5 nitrogen and oxygen atoms in total. The minimum atomic E-state index is -0.555. The lowest BCUT2D eigenvalue weighted by Crippen LogP contribution is -2.15. The molecule has 0 aliphatic heterocycles. The highest BCUT2D eigenvalue weighted by atomic mass is 16.5. The van der Waals surface area contributed by atoms with Crippen LogP contribution in [-0.4, -0.2) is 23.6 Å². The van der Waals surface area contributed by atoms with Crippen molar-refractivity contribution < 1.29 is 19.4 Å². The van der Waals surface area contributed by atoms with Crippen LogP contribution < -0.4 is 5.32 Å². The molecule has 2 rings (SSSR count). The summed E-state index contributed by atoms with van der Waals surface area (Å²) >= 11 is 0. The third-order valence-corrected chi connectivity index (χ3v) is 2.78. The average molecular weight is 285 g/mol. The second kappa shape index (κ2) is 6.56. The van der Waals surface area contributed by atoms with Gasteiger partial charge in [-0.15, -0.1) is 0 Å². The Bertz CT molecular complexity index is 653. The van der Waals surface area contributed by atoms with Gasteiger partial charge in [-0.05, 0) is 31.2 Å². The number of anilines is 1. The molecule has 0 saturated heterocycles. The summed E-state index contributed by atoms with van der Waals surface area (Å²) in [5.74, 6) is -0.973. The fraction of sp³-hybridized carbons (Fsp3) is 0.125. The van der Waals surface area contributed by atoms with Crippen LogP contribution in [0.1, 0.15) is 27.6 Å². The van der Waals surface area contributed by atoms with Crippen LogP contribution in [0.25, 0.3) is 0 Å². The van der Waals surface area contributed by atoms with Crippen LogP contribution in [0.5, 0.6) is 5.75 Å². The molecule has 2 N–H and O–H groups in total. The number of rotatable bonds is 4. The number of phenolic OH excluding ortho intramolecular Hbond substituents is 1. The zero-order chi connectivity index (χ0) is 15.2. The first-order valence-corrected chi connectivity index (χ1v) is 6.48. The second-order valence-electron chi connectivity index (χ2n) is 4.27. The molecule has 0 heterocycles. The van der Waals surface area contributed by atoms with Gasteiger partial charge in [0, 0.05) is 11.6 Å². The molecule has 2 aromatic rings. The quantitative estimate of drug-likeness (QED) is 0.847. The van der Waals surface area contributed by atoms with Gasteiger partial charge in [0.05, 0.1) is 17.9 Å². The van der Waals surface area contributed by atoms with Crippen LogP contribution in [0.2, 0.25) is 0 Å². The van der Waals surface area contributed by atoms with E-state index < -0.39 is 5.97 Å². The molecule has 0 saturated carbocycles. The fourth-order valence-electron chi connectivity index (χ4n) is 1.81. The first-order valence-electron chi connectivity index (χ1n) is 6.48. The van der Waals surface area contributed by atoms with E-state index in [1.54, 1.807) is 37.3 Å². The third kappa shape index (κ3) is 3.60. The zero-order valence-electron chi connectivity index (χ0n) is 11.5. The lowest BCUT2D eigenvalue weighted by molar-refractivity contribution is 0.0527. The molecule has 0 radical (unpaired) electrons. The number of hydrogen-bond donors (Lipinski definition) is 2. The third-order valence-electron chi connectivity index (χ3n) is 2.78. The van der Waals surface area contributed by atoms with Crippen molar-refractivity contribution in [3.63, 3.8) is 0 Å². The maximum absolute atomic E-state index is 12.1. The first-order chi connectivity index (χ1) is 10.1. The van der Waals surface area contributed by atoms with Gasteiger partial charge in [0.15, 0.2) is 0 Å². The predicted molar refractivity (Wildman–Crippen MR) is 78.5 cm³/mol. The Labute approximate surface area is 122 Å². The molecule has 0 atom stereocenters. The summed E-state index contributed by atoms with van der Waals surface area (Å²) in [6, 6.07) is 12.7. The molecular weight excluding hydrogens is 270 g/mol. The van der Waals surface area contributed by atoms with E-state index in [9.17, 15) is 14.7 Å². The molecular formula is C16H15NO4. The first kappa shape index (κ1) is 14.6. The van der Waals surface area contributed by atoms with Gasteiger partial charge in [-0.1, -0.05) is 18.2 Å². The highest BCUT2D eigenvalue weighted by Gasteiger charge is 2.15. The lowest BCUT2D eigenvalue weighted by atomic mass is 10.1. The molecule has 0 bridgehead atoms. The predicted octanol–water partition coefficient (Wildman–Crippen LogP) is 2.82. The van der Waals surface area contributed by atoms with Gasteiger partial charge >= 0.3 is 5.97 Å². The van der Waals surface area contributed by atoms with Crippen LogP contribution in [0, 0.1) is 0 Å². The lowest BCUT2D eigenvalue weighted by Gasteiger charge is -2.11. The van der Waals surface area contributed by atoms with Gasteiger partial charge in [0.25, 0.3) is 5.91 Å². The number of hydrogen-bond acceptors (Lipinski definition) is 4. The minimum Gasteiger partial charge on any atom is -0.508 e. The maximum Gasteiger partial charge on any atom is 0.340 e. The van der Waals surface area contributed by atoms with Crippen LogP contribution in [0.4, 0.5) is 5.69 Å². The molecule has 21 heavy (non-hydrogen) atoms. The van der Waals surface area contributed by atoms with E-state index in [1.807, 2.05) is 0 Å². The van der Waals surface area contributed by atoms with Gasteiger partial charge in [-0.3, -0.25) is 4.79 Å². The van der Waals surface area contributed by atoms with E-state index in [0.29, 0.717) is 5.56 Å². The number of amides is 1. The molecule has 108 valence electrons. The zero-order valence-corrected chi connectivity index (χ0v) is 11.5. The van der Waals surface area contributed by atoms with Crippen molar-refractivity contribution in [2.45, 2.75) is 6.92 Å². The van der Waals surface area contributed by atoms with E-state index in [4.69, 9.17) is 4.74 Å². The smallest absolute Gasteiger partial charge is 0.340 e. The average Bonchev–Trinajstić information content (AvgIpc) is 2.48. The number of phenols is 1. The molecule has 0 fully saturated rings. The highest BCUT2D eigenvalue weighted by Crippen LogP contribution is 2.23. The van der Waals surface area contributed by atoms with Gasteiger partial charge in [-0.2, -0.15) is 0 Å². The molecule has 0 aromatic heterocycles. The van der Waals surface area contributed by atoms with Crippen LogP contribution in [0.15, 0.2) is 48.5 Å². The Hall–Kier alpha value is -2.82. The van der Waals surface area contributed by atoms with Crippen molar-refractivity contribution in [2.24, 2.45) is 0 Å². The molecule has 0 aliphatic rings. The number of aromatic hydroxyl groups is 1. The molecule has 5 heteroatoms. The Kier molecular flexibility index (Phi) is 4.56. The van der Waals surface area contributed by atoms with Crippen molar-refractivity contribution in [3.05, 3.63) is 59.7 Å². The van der Waals surface area contributed by atoms with Crippen molar-refractivity contribution >= 4 is 17.6 Å². The second-order valence-corrected chi connectivity index (χ2v) is 4.27. The van der Waals surface area contributed by atoms with Gasteiger partial charge in [0.2, 0.25) is 0 Å². The fourth-order valence-corrected chi connectivity index (χ4v) is 1.81. The topological polar surface area (TPSA) is 75.6 Å². The molecule has 1 amide bonds. The number of ether oxygens (including phenoxy) is 1. The summed E-state index contributed by atoms with van der Waals surface area (Å²) in [5, 5.41) is 12.1. The summed E-state index contributed by atoms with van der Waals surface area (Å²) in [7, 11) is 0. The van der Waals surface area contributed by atoms with Gasteiger partial charge in [-0.25, -0.2) is 4.79 Å². The van der Waals surface area contributed by atoms with Crippen molar-refractivity contribution in [3.8, 4) is 5.75 Å². The summed E-state index contributed by atoms with van der Waals surface area (Å²) in [4.78, 5) is 24.0. The molecule has 0 aliphatic carbocycles. The Morgan fingerprint density at radius 1 is 1.14 bits per heavy atom. The Morgan fingerprint density at radius 3 is 2.52 bits per heavy atom. The van der Waals surface area contributed by atoms with E-state index in [2.05, 4.69) is 5.32 Å². The largest absolute Gasteiger partial charge is 0.508 e. The van der Waals surface area contributed by atoms with Crippen LogP contribution >= 0.6 is 0 Å². The van der Waals surface area contributed by atoms with Crippen molar-refractivity contribution in [2.75, 3.05) is 11.9 Å². The minimum absolute atomic E-state index is 0.0496. The molecule has 0 unspecified atom stereocenters. The van der Waals surface area contributed by atoms with E-state index in [1.165, 1.54) is 18.2 Å². The van der Waals surface area contributed by atoms with Crippen LogP contribution in [-0.2, 0) is 4.74 Å². The van der Waals surface area contributed by atoms with Crippen molar-refractivity contribution in [1.29, 1.82) is 0 Å². The van der Waals surface area contributed by atoms with Crippen LogP contribution in [0.3, 0.4) is 0 Å². The number of esters is 1. The Balaban J connectivity index is 2.28. The molecule has 2 aromatic carbocycles. The van der Waals surface area contributed by atoms with Crippen molar-refractivity contribution in [1.82, 2.24) is 0 Å². The maximum atomic E-state index is 12.1. The summed E-state index contributed by atoms with van der Waals surface area (Å²) in [5.41, 5.74) is 0.858. The van der Waals surface area contributed by atoms with Gasteiger partial charge < -0.3 is 15.2 Å². The normalized spacial score (nSPS) is 9.95. The monoisotopic (exact) mass is 285 g/mol. The number of carbonyl (C=O) groups excluding carboxylic acids is 2. The van der Waals surface area contributed by atoms with Gasteiger partial charge in [0.1, 0.15) is 5.75 Å². The summed E-state index contributed by atoms with van der Waals surface area (Å²) in [6.07, 6.45) is 0. The SMILES string of the molecule is CCOC(=O)c1ccc(O)cc1NC(=O)c1ccccc1. The number of benzene rings is 2. The number of carbonyl (C=O) groups is 2. The molecule has 0 spiro atoms. The summed E-state index contributed by atoms with van der Waals surface area (Å²) < 4.78 is 4.92.